The van der Waals surface area contributed by atoms with Gasteiger partial charge in [-0.25, -0.2) is 0 Å². The molecule has 0 bridgehead atoms. The van der Waals surface area contributed by atoms with Crippen LogP contribution in [0.15, 0.2) is 0 Å². The molecule has 0 radical (unpaired) electrons. The van der Waals surface area contributed by atoms with Gasteiger partial charge in [0.15, 0.2) is 0 Å². The molecule has 14 heavy (non-hydrogen) atoms. The Morgan fingerprint density at radius 3 is 2.50 bits per heavy atom. The van der Waals surface area contributed by atoms with Crippen LogP contribution in [-0.2, 0) is 9.53 Å². The van der Waals surface area contributed by atoms with Crippen LogP contribution in [-0.4, -0.2) is 44.1 Å². The maximum absolute atomic E-state index is 12.0. The molecule has 0 aliphatic rings. The molecule has 0 rings (SSSR count). The largest absolute Gasteiger partial charge is 0.396 e. The topological polar surface area (TPSA) is 58.6 Å². The first kappa shape index (κ1) is 13.2. The third-order valence-electron chi connectivity index (χ3n) is 1.50. The van der Waals surface area contributed by atoms with Gasteiger partial charge < -0.3 is 15.2 Å². The number of hydrogen-bond donors (Lipinski definition) is 2. The third kappa shape index (κ3) is 5.03. The molecule has 1 atom stereocenters. The standard InChI is InChI=1S/C7H12F3NO3/c1-14-4-6(13)11-2-5(3-12)7(8,9)10/h5,12H,2-4H2,1H3,(H,11,13). The lowest BCUT2D eigenvalue weighted by Crippen LogP contribution is -2.39. The summed E-state index contributed by atoms with van der Waals surface area (Å²) in [5.74, 6) is -2.57. The quantitative estimate of drug-likeness (QED) is 0.674. The molecule has 0 fully saturated rings. The highest BCUT2D eigenvalue weighted by Crippen LogP contribution is 2.24. The highest BCUT2D eigenvalue weighted by Gasteiger charge is 2.38. The van der Waals surface area contributed by atoms with E-state index < -0.39 is 31.2 Å². The monoisotopic (exact) mass is 215 g/mol. The van der Waals surface area contributed by atoms with E-state index in [1.165, 1.54) is 7.11 Å². The van der Waals surface area contributed by atoms with Crippen LogP contribution in [0, 0.1) is 5.92 Å². The van der Waals surface area contributed by atoms with Gasteiger partial charge in [0, 0.05) is 13.7 Å². The predicted molar refractivity (Wildman–Crippen MR) is 41.5 cm³/mol. The number of carbonyl (C=O) groups excluding carboxylic acids is 1. The van der Waals surface area contributed by atoms with E-state index in [2.05, 4.69) is 4.74 Å². The maximum atomic E-state index is 12.0. The summed E-state index contributed by atoms with van der Waals surface area (Å²) >= 11 is 0. The number of hydrogen-bond acceptors (Lipinski definition) is 3. The first-order valence-electron chi connectivity index (χ1n) is 3.85. The molecule has 2 N–H and O–H groups in total. The van der Waals surface area contributed by atoms with Crippen molar-refractivity contribution in [2.24, 2.45) is 5.92 Å². The van der Waals surface area contributed by atoms with Gasteiger partial charge in [0.2, 0.25) is 5.91 Å². The number of aliphatic hydroxyl groups excluding tert-OH is 1. The van der Waals surface area contributed by atoms with Gasteiger partial charge in [-0.2, -0.15) is 13.2 Å². The normalized spacial score (nSPS) is 13.8. The molecule has 1 amide bonds. The van der Waals surface area contributed by atoms with E-state index in [4.69, 9.17) is 5.11 Å². The van der Waals surface area contributed by atoms with Gasteiger partial charge in [-0.3, -0.25) is 4.79 Å². The fourth-order valence-corrected chi connectivity index (χ4v) is 0.703. The van der Waals surface area contributed by atoms with Crippen LogP contribution < -0.4 is 5.32 Å². The van der Waals surface area contributed by atoms with Crippen molar-refractivity contribution in [2.45, 2.75) is 6.18 Å². The van der Waals surface area contributed by atoms with E-state index in [-0.39, 0.29) is 6.61 Å². The number of nitrogens with one attached hydrogen (secondary N) is 1. The molecule has 0 heterocycles. The summed E-state index contributed by atoms with van der Waals surface area (Å²) in [7, 11) is 1.26. The molecular formula is C7H12F3NO3. The lowest BCUT2D eigenvalue weighted by molar-refractivity contribution is -0.182. The smallest absolute Gasteiger partial charge is 0.395 e. The Hall–Kier alpha value is -0.820. The summed E-state index contributed by atoms with van der Waals surface area (Å²) in [5, 5.41) is 10.4. The van der Waals surface area contributed by atoms with E-state index in [9.17, 15) is 18.0 Å². The van der Waals surface area contributed by atoms with Crippen LogP contribution in [0.25, 0.3) is 0 Å². The highest BCUT2D eigenvalue weighted by atomic mass is 19.4. The number of halogens is 3. The third-order valence-corrected chi connectivity index (χ3v) is 1.50. The zero-order chi connectivity index (χ0) is 11.2. The number of amides is 1. The second kappa shape index (κ2) is 5.82. The average Bonchev–Trinajstić information content (AvgIpc) is 2.03. The average molecular weight is 215 g/mol. The Morgan fingerprint density at radius 2 is 2.14 bits per heavy atom. The summed E-state index contributed by atoms with van der Waals surface area (Å²) in [6.45, 7) is -1.98. The van der Waals surface area contributed by atoms with Crippen molar-refractivity contribution in [1.29, 1.82) is 0 Å². The van der Waals surface area contributed by atoms with E-state index in [1.807, 2.05) is 5.32 Å². The molecule has 0 saturated carbocycles. The summed E-state index contributed by atoms with van der Waals surface area (Å²) < 4.78 is 40.4. The van der Waals surface area contributed by atoms with Crippen molar-refractivity contribution < 1.29 is 27.8 Å². The maximum Gasteiger partial charge on any atom is 0.395 e. The van der Waals surface area contributed by atoms with Gasteiger partial charge in [-0.05, 0) is 0 Å². The Balaban J connectivity index is 3.91. The molecule has 0 aromatic heterocycles. The van der Waals surface area contributed by atoms with Crippen LogP contribution in [0.1, 0.15) is 0 Å². The Bertz CT molecular complexity index is 184. The zero-order valence-electron chi connectivity index (χ0n) is 7.60. The summed E-state index contributed by atoms with van der Waals surface area (Å²) in [4.78, 5) is 10.7. The number of methoxy groups -OCH3 is 1. The molecular weight excluding hydrogens is 203 g/mol. The van der Waals surface area contributed by atoms with Gasteiger partial charge >= 0.3 is 6.18 Å². The van der Waals surface area contributed by atoms with Crippen molar-refractivity contribution in [3.05, 3.63) is 0 Å². The number of ether oxygens (including phenoxy) is 1. The van der Waals surface area contributed by atoms with Crippen molar-refractivity contribution >= 4 is 5.91 Å². The minimum atomic E-state index is -4.50. The lowest BCUT2D eigenvalue weighted by atomic mass is 10.1. The summed E-state index contributed by atoms with van der Waals surface area (Å²) in [6, 6.07) is 0. The van der Waals surface area contributed by atoms with Crippen LogP contribution in [0.5, 0.6) is 0 Å². The van der Waals surface area contributed by atoms with E-state index in [0.29, 0.717) is 0 Å². The Labute approximate surface area is 79.0 Å². The zero-order valence-corrected chi connectivity index (χ0v) is 7.60. The molecule has 0 spiro atoms. The molecule has 0 aromatic carbocycles. The predicted octanol–water partition coefficient (Wildman–Crippen LogP) is -0.0802. The van der Waals surface area contributed by atoms with Crippen molar-refractivity contribution in [1.82, 2.24) is 5.32 Å². The Morgan fingerprint density at radius 1 is 1.57 bits per heavy atom. The lowest BCUT2D eigenvalue weighted by Gasteiger charge is -2.17. The van der Waals surface area contributed by atoms with Gasteiger partial charge in [0.25, 0.3) is 0 Å². The molecule has 4 nitrogen and oxygen atoms in total. The fraction of sp³-hybridized carbons (Fsp3) is 0.857. The van der Waals surface area contributed by atoms with E-state index in [1.54, 1.807) is 0 Å². The van der Waals surface area contributed by atoms with Gasteiger partial charge in [-0.1, -0.05) is 0 Å². The number of rotatable bonds is 5. The number of carbonyl (C=O) groups is 1. The number of alkyl halides is 3. The van der Waals surface area contributed by atoms with Crippen LogP contribution >= 0.6 is 0 Å². The summed E-state index contributed by atoms with van der Waals surface area (Å²) in [6.07, 6.45) is -4.50. The second-order valence-electron chi connectivity index (χ2n) is 2.66. The minimum absolute atomic E-state index is 0.296. The van der Waals surface area contributed by atoms with Crippen LogP contribution in [0.2, 0.25) is 0 Å². The number of aliphatic hydroxyl groups is 1. The summed E-state index contributed by atoms with van der Waals surface area (Å²) in [5.41, 5.74) is 0. The van der Waals surface area contributed by atoms with Crippen molar-refractivity contribution in [2.75, 3.05) is 26.9 Å². The van der Waals surface area contributed by atoms with Crippen molar-refractivity contribution in [3.8, 4) is 0 Å². The SMILES string of the molecule is COCC(=O)NCC(CO)C(F)(F)F. The first-order chi connectivity index (χ1) is 6.41. The van der Waals surface area contributed by atoms with Gasteiger partial charge in [0.05, 0.1) is 12.5 Å². The molecule has 84 valence electrons. The highest BCUT2D eigenvalue weighted by molar-refractivity contribution is 5.77. The molecule has 7 heteroatoms. The molecule has 0 aromatic rings. The second-order valence-corrected chi connectivity index (χ2v) is 2.66. The fourth-order valence-electron chi connectivity index (χ4n) is 0.703. The van der Waals surface area contributed by atoms with E-state index in [0.717, 1.165) is 0 Å². The van der Waals surface area contributed by atoms with Gasteiger partial charge in [0.1, 0.15) is 6.61 Å². The van der Waals surface area contributed by atoms with Crippen LogP contribution in [0.4, 0.5) is 13.2 Å². The molecule has 0 aliphatic heterocycles. The van der Waals surface area contributed by atoms with Crippen molar-refractivity contribution in [3.63, 3.8) is 0 Å². The van der Waals surface area contributed by atoms with Gasteiger partial charge in [-0.15, -0.1) is 0 Å². The van der Waals surface area contributed by atoms with Crippen LogP contribution in [0.3, 0.4) is 0 Å². The first-order valence-corrected chi connectivity index (χ1v) is 3.85. The minimum Gasteiger partial charge on any atom is -0.396 e. The van der Waals surface area contributed by atoms with E-state index >= 15 is 0 Å². The molecule has 0 aliphatic carbocycles. The molecule has 0 saturated heterocycles. The Kier molecular flexibility index (Phi) is 5.47. The molecule has 1 unspecified atom stereocenters.